The van der Waals surface area contributed by atoms with E-state index in [-0.39, 0.29) is 6.10 Å². The van der Waals surface area contributed by atoms with Gasteiger partial charge in [-0.25, -0.2) is 0 Å². The second-order valence-corrected chi connectivity index (χ2v) is 5.43. The van der Waals surface area contributed by atoms with Gasteiger partial charge in [0, 0.05) is 12.5 Å². The van der Waals surface area contributed by atoms with Crippen LogP contribution in [0.5, 0.6) is 5.75 Å². The van der Waals surface area contributed by atoms with Gasteiger partial charge in [0.25, 0.3) is 0 Å². The molecule has 3 rings (SSSR count). The molecule has 3 nitrogen and oxygen atoms in total. The van der Waals surface area contributed by atoms with E-state index in [0.29, 0.717) is 6.04 Å². The third-order valence-electron chi connectivity index (χ3n) is 4.10. The molecule has 1 N–H and O–H groups in total. The van der Waals surface area contributed by atoms with E-state index < -0.39 is 0 Å². The molecule has 0 spiro atoms. The first kappa shape index (κ1) is 12.9. The van der Waals surface area contributed by atoms with Crippen LogP contribution >= 0.6 is 0 Å². The normalized spacial score (nSPS) is 26.2. The SMILES string of the molecule is CCNC1CCCc2c(OC3CCOC3)cccc21. The highest BCUT2D eigenvalue weighted by Gasteiger charge is 2.24. The molecule has 0 aromatic heterocycles. The van der Waals surface area contributed by atoms with Gasteiger partial charge in [-0.3, -0.25) is 0 Å². The smallest absolute Gasteiger partial charge is 0.124 e. The Morgan fingerprint density at radius 2 is 2.32 bits per heavy atom. The van der Waals surface area contributed by atoms with Crippen LogP contribution in [0.4, 0.5) is 0 Å². The Morgan fingerprint density at radius 3 is 3.11 bits per heavy atom. The zero-order chi connectivity index (χ0) is 13.1. The average molecular weight is 261 g/mol. The molecule has 0 amide bonds. The van der Waals surface area contributed by atoms with Gasteiger partial charge in [-0.2, -0.15) is 0 Å². The molecule has 1 heterocycles. The van der Waals surface area contributed by atoms with Crippen LogP contribution in [0.1, 0.15) is 43.4 Å². The van der Waals surface area contributed by atoms with Crippen molar-refractivity contribution in [1.29, 1.82) is 0 Å². The van der Waals surface area contributed by atoms with E-state index in [1.54, 1.807) is 0 Å². The van der Waals surface area contributed by atoms with Gasteiger partial charge in [0.15, 0.2) is 0 Å². The topological polar surface area (TPSA) is 30.5 Å². The molecule has 0 bridgehead atoms. The van der Waals surface area contributed by atoms with Crippen molar-refractivity contribution >= 4 is 0 Å². The third-order valence-corrected chi connectivity index (χ3v) is 4.10. The molecule has 19 heavy (non-hydrogen) atoms. The predicted octanol–water partition coefficient (Wildman–Crippen LogP) is 2.84. The Kier molecular flexibility index (Phi) is 4.04. The summed E-state index contributed by atoms with van der Waals surface area (Å²) in [7, 11) is 0. The van der Waals surface area contributed by atoms with Crippen LogP contribution in [0.2, 0.25) is 0 Å². The zero-order valence-corrected chi connectivity index (χ0v) is 11.7. The summed E-state index contributed by atoms with van der Waals surface area (Å²) in [6, 6.07) is 6.99. The summed E-state index contributed by atoms with van der Waals surface area (Å²) >= 11 is 0. The molecule has 2 atom stereocenters. The quantitative estimate of drug-likeness (QED) is 0.904. The fraction of sp³-hybridized carbons (Fsp3) is 0.625. The van der Waals surface area contributed by atoms with E-state index in [1.165, 1.54) is 24.0 Å². The van der Waals surface area contributed by atoms with Crippen LogP contribution in [0, 0.1) is 0 Å². The molecule has 0 saturated carbocycles. The van der Waals surface area contributed by atoms with E-state index in [4.69, 9.17) is 9.47 Å². The summed E-state index contributed by atoms with van der Waals surface area (Å²) in [5.74, 6) is 1.08. The summed E-state index contributed by atoms with van der Waals surface area (Å²) in [5, 5.41) is 3.58. The molecule has 1 aromatic rings. The lowest BCUT2D eigenvalue weighted by Crippen LogP contribution is -2.26. The van der Waals surface area contributed by atoms with Crippen molar-refractivity contribution in [3.8, 4) is 5.75 Å². The summed E-state index contributed by atoms with van der Waals surface area (Å²) < 4.78 is 11.5. The second kappa shape index (κ2) is 5.93. The largest absolute Gasteiger partial charge is 0.488 e. The third kappa shape index (κ3) is 2.77. The number of hydrogen-bond donors (Lipinski definition) is 1. The van der Waals surface area contributed by atoms with Crippen LogP contribution in [-0.2, 0) is 11.2 Å². The first-order valence-corrected chi connectivity index (χ1v) is 7.48. The highest BCUT2D eigenvalue weighted by atomic mass is 16.5. The van der Waals surface area contributed by atoms with Crippen molar-refractivity contribution in [3.63, 3.8) is 0 Å². The van der Waals surface area contributed by atoms with E-state index in [9.17, 15) is 0 Å². The number of rotatable bonds is 4. The second-order valence-electron chi connectivity index (χ2n) is 5.43. The molecule has 1 aromatic carbocycles. The van der Waals surface area contributed by atoms with E-state index in [0.717, 1.165) is 38.3 Å². The maximum atomic E-state index is 6.15. The van der Waals surface area contributed by atoms with E-state index in [2.05, 4.69) is 30.4 Å². The Bertz CT molecular complexity index is 427. The molecule has 1 aliphatic heterocycles. The van der Waals surface area contributed by atoms with Crippen molar-refractivity contribution in [3.05, 3.63) is 29.3 Å². The van der Waals surface area contributed by atoms with Crippen LogP contribution in [0.15, 0.2) is 18.2 Å². The van der Waals surface area contributed by atoms with Crippen molar-refractivity contribution in [2.75, 3.05) is 19.8 Å². The van der Waals surface area contributed by atoms with Gasteiger partial charge in [0.2, 0.25) is 0 Å². The number of nitrogens with one attached hydrogen (secondary N) is 1. The minimum Gasteiger partial charge on any atom is -0.488 e. The molecule has 2 unspecified atom stereocenters. The molecule has 1 fully saturated rings. The van der Waals surface area contributed by atoms with Crippen molar-refractivity contribution < 1.29 is 9.47 Å². The number of hydrogen-bond acceptors (Lipinski definition) is 3. The van der Waals surface area contributed by atoms with Gasteiger partial charge in [-0.15, -0.1) is 0 Å². The highest BCUT2D eigenvalue weighted by Crippen LogP contribution is 2.36. The van der Waals surface area contributed by atoms with Gasteiger partial charge >= 0.3 is 0 Å². The maximum absolute atomic E-state index is 6.15. The monoisotopic (exact) mass is 261 g/mol. The predicted molar refractivity (Wildman–Crippen MR) is 75.6 cm³/mol. The van der Waals surface area contributed by atoms with Crippen LogP contribution in [-0.4, -0.2) is 25.9 Å². The summed E-state index contributed by atoms with van der Waals surface area (Å²) in [6.45, 7) is 4.76. The molecule has 104 valence electrons. The first-order chi connectivity index (χ1) is 9.38. The van der Waals surface area contributed by atoms with Crippen molar-refractivity contribution in [2.24, 2.45) is 0 Å². The van der Waals surface area contributed by atoms with E-state index >= 15 is 0 Å². The maximum Gasteiger partial charge on any atom is 0.124 e. The number of benzene rings is 1. The Balaban J connectivity index is 1.83. The summed E-state index contributed by atoms with van der Waals surface area (Å²) in [5.41, 5.74) is 2.84. The van der Waals surface area contributed by atoms with Gasteiger partial charge in [0.1, 0.15) is 11.9 Å². The number of fused-ring (bicyclic) bond motifs is 1. The van der Waals surface area contributed by atoms with E-state index in [1.807, 2.05) is 0 Å². The summed E-state index contributed by atoms with van der Waals surface area (Å²) in [4.78, 5) is 0. The van der Waals surface area contributed by atoms with Gasteiger partial charge < -0.3 is 14.8 Å². The lowest BCUT2D eigenvalue weighted by Gasteiger charge is -2.28. The molecule has 3 heteroatoms. The number of ether oxygens (including phenoxy) is 2. The van der Waals surface area contributed by atoms with Crippen molar-refractivity contribution in [1.82, 2.24) is 5.32 Å². The van der Waals surface area contributed by atoms with Gasteiger partial charge in [0.05, 0.1) is 13.2 Å². The van der Waals surface area contributed by atoms with Crippen LogP contribution in [0.3, 0.4) is 0 Å². The highest BCUT2D eigenvalue weighted by molar-refractivity contribution is 5.43. The summed E-state index contributed by atoms with van der Waals surface area (Å²) in [6.07, 6.45) is 4.87. The van der Waals surface area contributed by atoms with Crippen molar-refractivity contribution in [2.45, 2.75) is 44.8 Å². The standard InChI is InChI=1S/C16H23NO2/c1-2-17-15-7-3-6-14-13(15)5-4-8-16(14)19-12-9-10-18-11-12/h4-5,8,12,15,17H,2-3,6-7,9-11H2,1H3. The molecular formula is C16H23NO2. The minimum absolute atomic E-state index is 0.242. The Morgan fingerprint density at radius 1 is 1.37 bits per heavy atom. The Hall–Kier alpha value is -1.06. The fourth-order valence-electron chi connectivity index (χ4n) is 3.17. The first-order valence-electron chi connectivity index (χ1n) is 7.48. The lowest BCUT2D eigenvalue weighted by molar-refractivity contribution is 0.140. The fourth-order valence-corrected chi connectivity index (χ4v) is 3.17. The molecule has 1 saturated heterocycles. The Labute approximate surface area is 115 Å². The average Bonchev–Trinajstić information content (AvgIpc) is 2.93. The molecule has 2 aliphatic rings. The van der Waals surface area contributed by atoms with Gasteiger partial charge in [-0.1, -0.05) is 19.1 Å². The van der Waals surface area contributed by atoms with Crippen LogP contribution < -0.4 is 10.1 Å². The molecule has 1 aliphatic carbocycles. The zero-order valence-electron chi connectivity index (χ0n) is 11.7. The molecule has 0 radical (unpaired) electrons. The molecular weight excluding hydrogens is 238 g/mol. The van der Waals surface area contributed by atoms with Crippen LogP contribution in [0.25, 0.3) is 0 Å². The lowest BCUT2D eigenvalue weighted by atomic mass is 9.87. The van der Waals surface area contributed by atoms with Gasteiger partial charge in [-0.05, 0) is 43.0 Å². The minimum atomic E-state index is 0.242.